The zero-order chi connectivity index (χ0) is 12.6. The Balaban J connectivity index is 3.18. The minimum Gasteiger partial charge on any atom is -0.223 e. The van der Waals surface area contributed by atoms with Crippen LogP contribution in [0.15, 0.2) is 23.1 Å². The molecule has 0 atom stereocenters. The molecule has 0 aliphatic heterocycles. The van der Waals surface area contributed by atoms with Crippen LogP contribution in [-0.2, 0) is 9.84 Å². The zero-order valence-electron chi connectivity index (χ0n) is 7.55. The van der Waals surface area contributed by atoms with Crippen LogP contribution in [0, 0.1) is 11.6 Å². The molecule has 0 aliphatic rings. The Bertz CT molecular complexity index is 492. The van der Waals surface area contributed by atoms with E-state index < -0.39 is 38.3 Å². The minimum atomic E-state index is -4.97. The van der Waals surface area contributed by atoms with Gasteiger partial charge in [-0.05, 0) is 12.1 Å². The van der Waals surface area contributed by atoms with Gasteiger partial charge in [-0.3, -0.25) is 0 Å². The molecule has 1 rings (SSSR count). The molecule has 16 heavy (non-hydrogen) atoms. The van der Waals surface area contributed by atoms with Crippen LogP contribution >= 0.6 is 0 Å². The normalized spacial score (nSPS) is 12.8. The molecule has 2 nitrogen and oxygen atoms in total. The van der Waals surface area contributed by atoms with Crippen molar-refractivity contribution in [3.63, 3.8) is 0 Å². The minimum absolute atomic E-state index is 0.212. The fraction of sp³-hybridized carbons (Fsp3) is 0.250. The number of halogens is 5. The Morgan fingerprint density at radius 2 is 1.69 bits per heavy atom. The van der Waals surface area contributed by atoms with Crippen molar-refractivity contribution < 1.29 is 30.4 Å². The highest BCUT2D eigenvalue weighted by Gasteiger charge is 2.37. The maximum Gasteiger partial charge on any atom is 0.403 e. The SMILES string of the molecule is O=S(=O)(CC(F)(F)F)c1ccc(F)cc1F. The van der Waals surface area contributed by atoms with E-state index in [4.69, 9.17) is 0 Å². The van der Waals surface area contributed by atoms with Crippen LogP contribution < -0.4 is 0 Å². The van der Waals surface area contributed by atoms with Crippen molar-refractivity contribution in [3.05, 3.63) is 29.8 Å². The molecular weight excluding hydrogens is 255 g/mol. The van der Waals surface area contributed by atoms with Crippen LogP contribution in [0.25, 0.3) is 0 Å². The quantitative estimate of drug-likeness (QED) is 0.604. The number of sulfone groups is 1. The highest BCUT2D eigenvalue weighted by molar-refractivity contribution is 7.91. The van der Waals surface area contributed by atoms with Crippen LogP contribution in [0.3, 0.4) is 0 Å². The third-order valence-corrected chi connectivity index (χ3v) is 3.29. The molecule has 8 heteroatoms. The third kappa shape index (κ3) is 3.16. The third-order valence-electron chi connectivity index (χ3n) is 1.58. The van der Waals surface area contributed by atoms with Gasteiger partial charge < -0.3 is 0 Å². The first-order chi connectivity index (χ1) is 7.12. The zero-order valence-corrected chi connectivity index (χ0v) is 8.37. The van der Waals surface area contributed by atoms with Gasteiger partial charge in [0.1, 0.15) is 16.5 Å². The molecular formula is C8H5F5O2S. The van der Waals surface area contributed by atoms with Crippen LogP contribution in [-0.4, -0.2) is 20.3 Å². The molecule has 0 aliphatic carbocycles. The van der Waals surface area contributed by atoms with Gasteiger partial charge in [0.05, 0.1) is 0 Å². The lowest BCUT2D eigenvalue weighted by molar-refractivity contribution is -0.106. The smallest absolute Gasteiger partial charge is 0.223 e. The maximum absolute atomic E-state index is 12.9. The second-order valence-corrected chi connectivity index (χ2v) is 4.91. The maximum atomic E-state index is 12.9. The van der Waals surface area contributed by atoms with E-state index in [0.717, 1.165) is 0 Å². The van der Waals surface area contributed by atoms with E-state index in [1.165, 1.54) is 0 Å². The van der Waals surface area contributed by atoms with Gasteiger partial charge in [-0.1, -0.05) is 0 Å². The van der Waals surface area contributed by atoms with E-state index >= 15 is 0 Å². The largest absolute Gasteiger partial charge is 0.403 e. The lowest BCUT2D eigenvalue weighted by Gasteiger charge is -2.08. The first-order valence-electron chi connectivity index (χ1n) is 3.86. The number of benzene rings is 1. The van der Waals surface area contributed by atoms with Crippen molar-refractivity contribution in [2.75, 3.05) is 5.75 Å². The molecule has 0 spiro atoms. The topological polar surface area (TPSA) is 34.1 Å². The molecule has 0 radical (unpaired) electrons. The summed E-state index contributed by atoms with van der Waals surface area (Å²) in [5.74, 6) is -4.78. The van der Waals surface area contributed by atoms with E-state index in [0.29, 0.717) is 12.1 Å². The first kappa shape index (κ1) is 12.9. The monoisotopic (exact) mass is 260 g/mol. The summed E-state index contributed by atoms with van der Waals surface area (Å²) in [5.41, 5.74) is 0. The summed E-state index contributed by atoms with van der Waals surface area (Å²) in [7, 11) is -4.83. The summed E-state index contributed by atoms with van der Waals surface area (Å²) in [4.78, 5) is -1.16. The first-order valence-corrected chi connectivity index (χ1v) is 5.51. The van der Waals surface area contributed by atoms with Gasteiger partial charge in [0.25, 0.3) is 0 Å². The van der Waals surface area contributed by atoms with Crippen molar-refractivity contribution in [2.45, 2.75) is 11.1 Å². The molecule has 0 amide bonds. The van der Waals surface area contributed by atoms with Crippen molar-refractivity contribution >= 4 is 9.84 Å². The van der Waals surface area contributed by atoms with Crippen molar-refractivity contribution in [3.8, 4) is 0 Å². The van der Waals surface area contributed by atoms with Crippen molar-refractivity contribution in [1.29, 1.82) is 0 Å². The van der Waals surface area contributed by atoms with Crippen molar-refractivity contribution in [2.24, 2.45) is 0 Å². The van der Waals surface area contributed by atoms with Crippen LogP contribution in [0.2, 0.25) is 0 Å². The molecule has 1 aromatic rings. The summed E-state index contributed by atoms with van der Waals surface area (Å²) < 4.78 is 83.2. The Labute approximate surface area is 87.6 Å². The van der Waals surface area contributed by atoms with Crippen LogP contribution in [0.5, 0.6) is 0 Å². The average Bonchev–Trinajstić information content (AvgIpc) is 1.97. The molecule has 0 bridgehead atoms. The lowest BCUT2D eigenvalue weighted by Crippen LogP contribution is -2.23. The molecule has 1 aromatic carbocycles. The van der Waals surface area contributed by atoms with Gasteiger partial charge >= 0.3 is 6.18 Å². The summed E-state index contributed by atoms with van der Waals surface area (Å²) in [6.07, 6.45) is -4.97. The molecule has 90 valence electrons. The fourth-order valence-corrected chi connectivity index (χ4v) is 2.24. The average molecular weight is 260 g/mol. The lowest BCUT2D eigenvalue weighted by atomic mass is 10.3. The number of rotatable bonds is 2. The van der Waals surface area contributed by atoms with Gasteiger partial charge in [-0.2, -0.15) is 13.2 Å². The van der Waals surface area contributed by atoms with Gasteiger partial charge in [0.15, 0.2) is 15.6 Å². The standard InChI is InChI=1S/C8H5F5O2S/c9-5-1-2-7(6(10)3-5)16(14,15)4-8(11,12)13/h1-3H,4H2. The molecule has 0 N–H and O–H groups in total. The molecule has 0 unspecified atom stereocenters. The molecule has 0 saturated carbocycles. The predicted octanol–water partition coefficient (Wildman–Crippen LogP) is 2.30. The number of hydrogen-bond donors (Lipinski definition) is 0. The van der Waals surface area contributed by atoms with Crippen LogP contribution in [0.1, 0.15) is 0 Å². The van der Waals surface area contributed by atoms with Gasteiger partial charge in [0, 0.05) is 6.07 Å². The Kier molecular flexibility index (Phi) is 3.22. The summed E-state index contributed by atoms with van der Waals surface area (Å²) in [6.45, 7) is 0. The Morgan fingerprint density at radius 1 is 1.12 bits per heavy atom. The molecule has 0 heterocycles. The highest BCUT2D eigenvalue weighted by Crippen LogP contribution is 2.24. The highest BCUT2D eigenvalue weighted by atomic mass is 32.2. The predicted molar refractivity (Wildman–Crippen MR) is 44.5 cm³/mol. The number of hydrogen-bond acceptors (Lipinski definition) is 2. The Morgan fingerprint density at radius 3 is 2.12 bits per heavy atom. The van der Waals surface area contributed by atoms with Gasteiger partial charge in [-0.25, -0.2) is 17.2 Å². The molecule has 0 aromatic heterocycles. The van der Waals surface area contributed by atoms with Crippen molar-refractivity contribution in [1.82, 2.24) is 0 Å². The summed E-state index contributed by atoms with van der Waals surface area (Å²) in [6, 6.07) is 1.25. The van der Waals surface area contributed by atoms with Gasteiger partial charge in [-0.15, -0.1) is 0 Å². The second-order valence-electron chi connectivity index (χ2n) is 2.95. The van der Waals surface area contributed by atoms with Crippen LogP contribution in [0.4, 0.5) is 22.0 Å². The van der Waals surface area contributed by atoms with E-state index in [1.807, 2.05) is 0 Å². The second kappa shape index (κ2) is 4.00. The van der Waals surface area contributed by atoms with E-state index in [-0.39, 0.29) is 6.07 Å². The summed E-state index contributed by atoms with van der Waals surface area (Å²) >= 11 is 0. The fourth-order valence-electron chi connectivity index (χ4n) is 1.02. The van der Waals surface area contributed by atoms with E-state index in [9.17, 15) is 30.4 Å². The van der Waals surface area contributed by atoms with E-state index in [1.54, 1.807) is 0 Å². The van der Waals surface area contributed by atoms with Gasteiger partial charge in [0.2, 0.25) is 0 Å². The number of alkyl halides is 3. The summed E-state index contributed by atoms with van der Waals surface area (Å²) in [5, 5.41) is 0. The molecule has 0 saturated heterocycles. The molecule has 0 fully saturated rings. The van der Waals surface area contributed by atoms with E-state index in [2.05, 4.69) is 0 Å². The Hall–Kier alpha value is -1.18.